The topological polar surface area (TPSA) is 16.4 Å². The van der Waals surface area contributed by atoms with Crippen LogP contribution in [-0.2, 0) is 5.41 Å². The first-order valence-corrected chi connectivity index (χ1v) is 19.7. The van der Waals surface area contributed by atoms with Gasteiger partial charge in [0, 0.05) is 33.4 Å². The first-order valence-electron chi connectivity index (χ1n) is 19.7. The molecule has 0 unspecified atom stereocenters. The van der Waals surface area contributed by atoms with Crippen LogP contribution in [0.15, 0.2) is 217 Å². The molecule has 0 bridgehead atoms. The Labute approximate surface area is 331 Å². The molecule has 57 heavy (non-hydrogen) atoms. The van der Waals surface area contributed by atoms with Gasteiger partial charge >= 0.3 is 0 Å². The van der Waals surface area contributed by atoms with Crippen LogP contribution < -0.4 is 4.90 Å². The molecule has 0 saturated carbocycles. The molecule has 0 atom stereocenters. The minimum absolute atomic E-state index is 0.328. The van der Waals surface area contributed by atoms with Gasteiger partial charge in [-0.15, -0.1) is 0 Å². The molecule has 9 aromatic carbocycles. The predicted octanol–water partition coefficient (Wildman–Crippen LogP) is 14.7. The van der Waals surface area contributed by atoms with Crippen LogP contribution in [0.5, 0.6) is 0 Å². The molecule has 2 heteroatoms. The van der Waals surface area contributed by atoms with Gasteiger partial charge in [0.05, 0.1) is 5.41 Å². The number of para-hydroxylation sites is 3. The maximum Gasteiger partial charge on any atom is 0.143 e. The van der Waals surface area contributed by atoms with Crippen molar-refractivity contribution in [1.82, 2.24) is 0 Å². The van der Waals surface area contributed by atoms with Crippen LogP contribution in [0.3, 0.4) is 0 Å². The van der Waals surface area contributed by atoms with Gasteiger partial charge in [0.15, 0.2) is 0 Å². The van der Waals surface area contributed by atoms with Crippen molar-refractivity contribution in [2.45, 2.75) is 5.41 Å². The van der Waals surface area contributed by atoms with E-state index in [9.17, 15) is 0 Å². The van der Waals surface area contributed by atoms with Gasteiger partial charge in [0.1, 0.15) is 11.2 Å². The number of rotatable bonds is 5. The average molecular weight is 726 g/mol. The monoisotopic (exact) mass is 725 g/mol. The molecule has 2 aliphatic carbocycles. The van der Waals surface area contributed by atoms with Crippen molar-refractivity contribution in [2.24, 2.45) is 0 Å². The van der Waals surface area contributed by atoms with Crippen molar-refractivity contribution in [3.05, 3.63) is 235 Å². The zero-order valence-corrected chi connectivity index (χ0v) is 31.1. The van der Waals surface area contributed by atoms with Gasteiger partial charge in [-0.3, -0.25) is 0 Å². The lowest BCUT2D eigenvalue weighted by atomic mass is 9.70. The fourth-order valence-electron chi connectivity index (χ4n) is 9.87. The number of fused-ring (bicyclic) bond motifs is 13. The van der Waals surface area contributed by atoms with Crippen LogP contribution >= 0.6 is 0 Å². The Hall–Kier alpha value is -7.42. The largest absolute Gasteiger partial charge is 0.455 e. The second-order valence-corrected chi connectivity index (χ2v) is 15.2. The minimum atomic E-state index is -0.328. The Balaban J connectivity index is 0.927. The molecule has 1 aromatic heterocycles. The van der Waals surface area contributed by atoms with Crippen molar-refractivity contribution in [2.75, 3.05) is 4.90 Å². The standard InChI is InChI=1S/C55H35NO/c1-2-13-39(14-3-1)56(41-32-27-37(28-33-41)42-19-12-20-47-46-18-7-11-24-53(46)57-54(42)47)40-30-25-36(26-31-40)38-29-34-52-48(35-38)45-17-6-10-23-51(45)55(52)49-21-8-4-15-43(49)44-16-5-9-22-50(44)55/h1-35H. The van der Waals surface area contributed by atoms with E-state index in [1.807, 2.05) is 12.1 Å². The first-order chi connectivity index (χ1) is 28.3. The molecule has 266 valence electrons. The van der Waals surface area contributed by atoms with Crippen molar-refractivity contribution >= 4 is 39.0 Å². The summed E-state index contributed by atoms with van der Waals surface area (Å²) < 4.78 is 6.39. The highest BCUT2D eigenvalue weighted by Gasteiger charge is 2.51. The fourth-order valence-corrected chi connectivity index (χ4v) is 9.87. The SMILES string of the molecule is c1ccc(N(c2ccc(-c3ccc4c(c3)-c3ccccc3C43c4ccccc4-c4ccccc43)cc2)c2ccc(-c3cccc4c3oc3ccccc34)cc2)cc1. The maximum absolute atomic E-state index is 6.39. The molecule has 10 aromatic rings. The molecule has 2 aliphatic rings. The highest BCUT2D eigenvalue weighted by atomic mass is 16.3. The Morgan fingerprint density at radius 1 is 0.316 bits per heavy atom. The molecule has 2 nitrogen and oxygen atoms in total. The summed E-state index contributed by atoms with van der Waals surface area (Å²) in [4.78, 5) is 2.33. The Morgan fingerprint density at radius 2 is 0.789 bits per heavy atom. The summed E-state index contributed by atoms with van der Waals surface area (Å²) in [6.07, 6.45) is 0. The molecule has 0 radical (unpaired) electrons. The summed E-state index contributed by atoms with van der Waals surface area (Å²) >= 11 is 0. The summed E-state index contributed by atoms with van der Waals surface area (Å²) in [5, 5.41) is 2.28. The zero-order chi connectivity index (χ0) is 37.5. The van der Waals surface area contributed by atoms with E-state index in [2.05, 4.69) is 205 Å². The third-order valence-electron chi connectivity index (χ3n) is 12.3. The molecule has 0 aliphatic heterocycles. The smallest absolute Gasteiger partial charge is 0.143 e. The van der Waals surface area contributed by atoms with E-state index in [1.54, 1.807) is 0 Å². The van der Waals surface area contributed by atoms with Crippen molar-refractivity contribution < 1.29 is 4.42 Å². The molecule has 12 rings (SSSR count). The summed E-state index contributed by atoms with van der Waals surface area (Å²) in [6.45, 7) is 0. The molecule has 0 amide bonds. The van der Waals surface area contributed by atoms with Crippen LogP contribution in [0.1, 0.15) is 22.3 Å². The van der Waals surface area contributed by atoms with Gasteiger partial charge in [-0.05, 0) is 110 Å². The van der Waals surface area contributed by atoms with E-state index in [0.717, 1.165) is 50.1 Å². The lowest BCUT2D eigenvalue weighted by molar-refractivity contribution is 0.670. The predicted molar refractivity (Wildman–Crippen MR) is 236 cm³/mol. The van der Waals surface area contributed by atoms with E-state index in [-0.39, 0.29) is 5.41 Å². The number of benzene rings is 9. The van der Waals surface area contributed by atoms with E-state index >= 15 is 0 Å². The summed E-state index contributed by atoms with van der Waals surface area (Å²) in [5.41, 5.74) is 20.2. The third kappa shape index (κ3) is 4.59. The first kappa shape index (κ1) is 31.9. The Kier molecular flexibility index (Phi) is 6.88. The van der Waals surface area contributed by atoms with Crippen LogP contribution in [0.4, 0.5) is 17.1 Å². The molecular formula is C55H35NO. The molecular weight excluding hydrogens is 691 g/mol. The molecule has 0 N–H and O–H groups in total. The highest BCUT2D eigenvalue weighted by Crippen LogP contribution is 2.63. The molecule has 0 saturated heterocycles. The van der Waals surface area contributed by atoms with Crippen LogP contribution in [0, 0.1) is 0 Å². The lowest BCUT2D eigenvalue weighted by Crippen LogP contribution is -2.25. The summed E-state index contributed by atoms with van der Waals surface area (Å²) in [5.74, 6) is 0. The lowest BCUT2D eigenvalue weighted by Gasteiger charge is -2.30. The quantitative estimate of drug-likeness (QED) is 0.176. The van der Waals surface area contributed by atoms with Crippen LogP contribution in [-0.4, -0.2) is 0 Å². The minimum Gasteiger partial charge on any atom is -0.455 e. The number of nitrogens with zero attached hydrogens (tertiary/aromatic N) is 1. The van der Waals surface area contributed by atoms with Gasteiger partial charge in [-0.25, -0.2) is 0 Å². The second-order valence-electron chi connectivity index (χ2n) is 15.2. The number of furan rings is 1. The van der Waals surface area contributed by atoms with E-state index < -0.39 is 0 Å². The second kappa shape index (κ2) is 12.3. The fraction of sp³-hybridized carbons (Fsp3) is 0.0182. The van der Waals surface area contributed by atoms with Crippen molar-refractivity contribution in [1.29, 1.82) is 0 Å². The zero-order valence-electron chi connectivity index (χ0n) is 31.1. The third-order valence-corrected chi connectivity index (χ3v) is 12.3. The Bertz CT molecular complexity index is 3130. The Morgan fingerprint density at radius 3 is 1.46 bits per heavy atom. The van der Waals surface area contributed by atoms with Gasteiger partial charge in [-0.1, -0.05) is 164 Å². The number of hydrogen-bond donors (Lipinski definition) is 0. The normalized spacial score (nSPS) is 13.1. The summed E-state index contributed by atoms with van der Waals surface area (Å²) in [7, 11) is 0. The maximum atomic E-state index is 6.39. The van der Waals surface area contributed by atoms with Gasteiger partial charge in [0.25, 0.3) is 0 Å². The average Bonchev–Trinajstić information content (AvgIpc) is 3.92. The van der Waals surface area contributed by atoms with Crippen LogP contribution in [0.2, 0.25) is 0 Å². The van der Waals surface area contributed by atoms with Gasteiger partial charge in [0.2, 0.25) is 0 Å². The molecule has 1 heterocycles. The van der Waals surface area contributed by atoms with E-state index in [4.69, 9.17) is 4.42 Å². The molecule has 0 fully saturated rings. The van der Waals surface area contributed by atoms with Crippen molar-refractivity contribution in [3.63, 3.8) is 0 Å². The molecule has 1 spiro atoms. The van der Waals surface area contributed by atoms with Crippen LogP contribution in [0.25, 0.3) is 66.4 Å². The summed E-state index contributed by atoms with van der Waals surface area (Å²) in [6, 6.07) is 77.3. The van der Waals surface area contributed by atoms with Gasteiger partial charge in [-0.2, -0.15) is 0 Å². The number of anilines is 3. The van der Waals surface area contributed by atoms with E-state index in [1.165, 1.54) is 55.6 Å². The number of hydrogen-bond acceptors (Lipinski definition) is 2. The van der Waals surface area contributed by atoms with Crippen molar-refractivity contribution in [3.8, 4) is 44.5 Å². The van der Waals surface area contributed by atoms with E-state index in [0.29, 0.717) is 0 Å². The highest BCUT2D eigenvalue weighted by molar-refractivity contribution is 6.09. The van der Waals surface area contributed by atoms with Gasteiger partial charge < -0.3 is 9.32 Å².